The maximum Gasteiger partial charge on any atom is 0.202 e. The first-order chi connectivity index (χ1) is 13.2. The van der Waals surface area contributed by atoms with Crippen molar-refractivity contribution >= 4 is 18.1 Å². The largest absolute Gasteiger partial charge is 0.497 e. The summed E-state index contributed by atoms with van der Waals surface area (Å²) in [4.78, 5) is 4.34. The maximum atomic E-state index is 7.67. The lowest BCUT2D eigenvalue weighted by molar-refractivity contribution is 0.355. The van der Waals surface area contributed by atoms with Crippen LogP contribution in [0.15, 0.2) is 59.4 Å². The molecule has 0 saturated carbocycles. The van der Waals surface area contributed by atoms with E-state index in [0.717, 1.165) is 33.6 Å². The van der Waals surface area contributed by atoms with Gasteiger partial charge in [0.15, 0.2) is 0 Å². The van der Waals surface area contributed by atoms with Crippen LogP contribution in [0.25, 0.3) is 6.08 Å². The molecule has 4 N–H and O–H groups in total. The summed E-state index contributed by atoms with van der Waals surface area (Å²) in [5, 5.41) is 10.8. The van der Waals surface area contributed by atoms with Crippen molar-refractivity contribution in [3.8, 4) is 11.5 Å². The highest BCUT2D eigenvalue weighted by atomic mass is 16.5. The van der Waals surface area contributed by atoms with Crippen molar-refractivity contribution in [3.63, 3.8) is 0 Å². The Kier molecular flexibility index (Phi) is 4.16. The molecule has 0 amide bonds. The summed E-state index contributed by atoms with van der Waals surface area (Å²) in [5.74, 6) is 2.39. The van der Waals surface area contributed by atoms with Crippen LogP contribution >= 0.6 is 0 Å². The molecule has 0 fully saturated rings. The minimum atomic E-state index is -0.148. The minimum Gasteiger partial charge on any atom is -0.497 e. The second kappa shape index (κ2) is 6.64. The Balaban J connectivity index is 1.96. The van der Waals surface area contributed by atoms with Crippen molar-refractivity contribution in [3.05, 3.63) is 76.7 Å². The fourth-order valence-corrected chi connectivity index (χ4v) is 3.57. The Morgan fingerprint density at radius 1 is 1.30 bits per heavy atom. The molecular weight excluding hydrogens is 340 g/mol. The molecule has 136 valence electrons. The monoisotopic (exact) mass is 360 g/mol. The van der Waals surface area contributed by atoms with Gasteiger partial charge >= 0.3 is 0 Å². The molecule has 1 unspecified atom stereocenters. The van der Waals surface area contributed by atoms with Gasteiger partial charge in [0, 0.05) is 28.8 Å². The van der Waals surface area contributed by atoms with Crippen LogP contribution in [0.5, 0.6) is 11.5 Å². The number of nitrogens with zero attached hydrogens (tertiary/aromatic N) is 1. The van der Waals surface area contributed by atoms with E-state index in [0.29, 0.717) is 24.1 Å². The van der Waals surface area contributed by atoms with Gasteiger partial charge in [-0.25, -0.2) is 4.99 Å². The van der Waals surface area contributed by atoms with Gasteiger partial charge in [0.25, 0.3) is 0 Å². The molecule has 0 bridgehead atoms. The third-order valence-electron chi connectivity index (χ3n) is 4.88. The standard InChI is InChI=1S/C21H20N4O2/c1-3-15-13(10-22)6-9-16-17(12-4-7-14(26-2)8-5-12)18-20(23)24-11-25-21(18)27-19(15)16/h3-10,17,22,25H,1,11H2,2H3,(H2,23,24). The zero-order chi connectivity index (χ0) is 19.0. The zero-order valence-electron chi connectivity index (χ0n) is 15.0. The van der Waals surface area contributed by atoms with Crippen LogP contribution in [0.1, 0.15) is 28.2 Å². The summed E-state index contributed by atoms with van der Waals surface area (Å²) >= 11 is 0. The van der Waals surface area contributed by atoms with Crippen molar-refractivity contribution in [2.75, 3.05) is 13.8 Å². The van der Waals surface area contributed by atoms with E-state index in [9.17, 15) is 0 Å². The molecule has 0 aromatic heterocycles. The summed E-state index contributed by atoms with van der Waals surface area (Å²) in [5.41, 5.74) is 10.6. The molecule has 6 nitrogen and oxygen atoms in total. The maximum absolute atomic E-state index is 7.67. The number of fused-ring (bicyclic) bond motifs is 1. The van der Waals surface area contributed by atoms with Gasteiger partial charge in [0.2, 0.25) is 5.88 Å². The molecular formula is C21H20N4O2. The number of hydrogen-bond acceptors (Lipinski definition) is 6. The van der Waals surface area contributed by atoms with Gasteiger partial charge < -0.3 is 25.9 Å². The molecule has 4 rings (SSSR count). The quantitative estimate of drug-likeness (QED) is 0.731. The number of nitrogens with one attached hydrogen (secondary N) is 2. The van der Waals surface area contributed by atoms with Gasteiger partial charge in [-0.1, -0.05) is 36.9 Å². The van der Waals surface area contributed by atoms with Gasteiger partial charge in [-0.2, -0.15) is 0 Å². The van der Waals surface area contributed by atoms with Gasteiger partial charge in [0.1, 0.15) is 24.0 Å². The number of methoxy groups -OCH3 is 1. The van der Waals surface area contributed by atoms with Crippen LogP contribution in [0, 0.1) is 5.41 Å². The number of amidine groups is 1. The summed E-state index contributed by atoms with van der Waals surface area (Å²) in [6.07, 6.45) is 3.02. The highest BCUT2D eigenvalue weighted by molar-refractivity contribution is 6.01. The summed E-state index contributed by atoms with van der Waals surface area (Å²) < 4.78 is 11.5. The van der Waals surface area contributed by atoms with Crippen molar-refractivity contribution in [1.29, 1.82) is 5.41 Å². The van der Waals surface area contributed by atoms with Crippen LogP contribution < -0.4 is 20.5 Å². The molecule has 2 aliphatic rings. The molecule has 0 radical (unpaired) electrons. The number of hydrogen-bond donors (Lipinski definition) is 3. The van der Waals surface area contributed by atoms with Crippen LogP contribution in [0.3, 0.4) is 0 Å². The smallest absolute Gasteiger partial charge is 0.202 e. The minimum absolute atomic E-state index is 0.148. The van der Waals surface area contributed by atoms with E-state index in [-0.39, 0.29) is 5.92 Å². The summed E-state index contributed by atoms with van der Waals surface area (Å²) in [7, 11) is 1.64. The van der Waals surface area contributed by atoms with Crippen molar-refractivity contribution < 1.29 is 9.47 Å². The topological polar surface area (TPSA) is 92.7 Å². The first-order valence-corrected chi connectivity index (χ1v) is 8.58. The lowest BCUT2D eigenvalue weighted by atomic mass is 9.80. The van der Waals surface area contributed by atoms with Crippen LogP contribution in [0.4, 0.5) is 0 Å². The molecule has 1 atom stereocenters. The van der Waals surface area contributed by atoms with E-state index < -0.39 is 0 Å². The van der Waals surface area contributed by atoms with Crippen molar-refractivity contribution in [2.45, 2.75) is 5.92 Å². The number of nitrogens with two attached hydrogens (primary N) is 1. The zero-order valence-corrected chi connectivity index (χ0v) is 15.0. The number of benzene rings is 2. The summed E-state index contributed by atoms with van der Waals surface area (Å²) in [6.45, 7) is 4.27. The fourth-order valence-electron chi connectivity index (χ4n) is 3.57. The van der Waals surface area contributed by atoms with Crippen molar-refractivity contribution in [1.82, 2.24) is 5.32 Å². The van der Waals surface area contributed by atoms with E-state index in [2.05, 4.69) is 16.9 Å². The van der Waals surface area contributed by atoms with E-state index in [1.807, 2.05) is 36.4 Å². The van der Waals surface area contributed by atoms with Crippen LogP contribution in [-0.2, 0) is 0 Å². The third kappa shape index (κ3) is 2.66. The molecule has 2 heterocycles. The predicted octanol–water partition coefficient (Wildman–Crippen LogP) is 2.99. The van der Waals surface area contributed by atoms with Crippen molar-refractivity contribution in [2.24, 2.45) is 10.7 Å². The first kappa shape index (κ1) is 16.9. The fraction of sp³-hybridized carbons (Fsp3) is 0.143. The lowest BCUT2D eigenvalue weighted by Crippen LogP contribution is -2.37. The number of aliphatic imine (C=N–C) groups is 1. The molecule has 2 aromatic rings. The SMILES string of the molecule is C=Cc1c(C=N)ccc2c1OC1=C(C(N)=NCN1)C2c1ccc(OC)cc1. The average Bonchev–Trinajstić information content (AvgIpc) is 2.71. The van der Waals surface area contributed by atoms with Gasteiger partial charge in [-0.3, -0.25) is 0 Å². The van der Waals surface area contributed by atoms with Gasteiger partial charge in [-0.05, 0) is 17.7 Å². The van der Waals surface area contributed by atoms with E-state index in [4.69, 9.17) is 20.6 Å². The predicted molar refractivity (Wildman–Crippen MR) is 107 cm³/mol. The Morgan fingerprint density at radius 2 is 2.07 bits per heavy atom. The molecule has 6 heteroatoms. The Hall–Kier alpha value is -3.54. The average molecular weight is 360 g/mol. The Labute approximate surface area is 157 Å². The highest BCUT2D eigenvalue weighted by Gasteiger charge is 2.36. The number of ether oxygens (including phenoxy) is 2. The first-order valence-electron chi connectivity index (χ1n) is 8.58. The molecule has 0 aliphatic carbocycles. The molecule has 2 aromatic carbocycles. The van der Waals surface area contributed by atoms with Crippen LogP contribution in [0.2, 0.25) is 0 Å². The highest BCUT2D eigenvalue weighted by Crippen LogP contribution is 2.46. The Morgan fingerprint density at radius 3 is 2.74 bits per heavy atom. The second-order valence-corrected chi connectivity index (χ2v) is 6.26. The van der Waals surface area contributed by atoms with Gasteiger partial charge in [0.05, 0.1) is 12.7 Å². The normalized spacial score (nSPS) is 17.7. The molecule has 27 heavy (non-hydrogen) atoms. The van der Waals surface area contributed by atoms with Crippen LogP contribution in [-0.4, -0.2) is 25.8 Å². The van der Waals surface area contributed by atoms with Gasteiger partial charge in [-0.15, -0.1) is 0 Å². The second-order valence-electron chi connectivity index (χ2n) is 6.26. The van der Waals surface area contributed by atoms with E-state index in [1.54, 1.807) is 13.2 Å². The molecule has 0 spiro atoms. The third-order valence-corrected chi connectivity index (χ3v) is 4.88. The number of rotatable bonds is 4. The van der Waals surface area contributed by atoms with E-state index >= 15 is 0 Å². The molecule has 0 saturated heterocycles. The Bertz CT molecular complexity index is 990. The molecule has 2 aliphatic heterocycles. The van der Waals surface area contributed by atoms with E-state index in [1.165, 1.54) is 6.21 Å². The lowest BCUT2D eigenvalue weighted by Gasteiger charge is -2.34. The summed E-state index contributed by atoms with van der Waals surface area (Å²) in [6, 6.07) is 11.8.